The molecule has 1 aromatic heterocycles. The minimum Gasteiger partial charge on any atom is -0.486 e. The minimum absolute atomic E-state index is 0.0209. The molecule has 3 aromatic rings. The zero-order chi connectivity index (χ0) is 18.5. The molecule has 3 rings (SSSR count). The van der Waals surface area contributed by atoms with Crippen LogP contribution in [-0.2, 0) is 6.61 Å². The zero-order valence-electron chi connectivity index (χ0n) is 13.8. The van der Waals surface area contributed by atoms with Gasteiger partial charge in [-0.3, -0.25) is 4.79 Å². The highest BCUT2D eigenvalue weighted by atomic mass is 19.1. The highest BCUT2D eigenvalue weighted by molar-refractivity contribution is 6.33. The summed E-state index contributed by atoms with van der Waals surface area (Å²) in [5, 5.41) is 8.09. The fraction of sp³-hybridized carbons (Fsp3) is 0.111. The molecule has 2 aromatic carbocycles. The molecule has 0 amide bonds. The number of ether oxygens (including phenoxy) is 1. The molecule has 0 saturated carbocycles. The van der Waals surface area contributed by atoms with Gasteiger partial charge in [0.15, 0.2) is 17.3 Å². The van der Waals surface area contributed by atoms with Crippen molar-refractivity contribution in [1.29, 1.82) is 0 Å². The molecule has 0 spiro atoms. The molecule has 130 valence electrons. The Bertz CT molecular complexity index is 994. The van der Waals surface area contributed by atoms with Crippen LogP contribution in [0.3, 0.4) is 0 Å². The molecule has 7 nitrogen and oxygen atoms in total. The lowest BCUT2D eigenvalue weighted by Crippen LogP contribution is -2.05. The summed E-state index contributed by atoms with van der Waals surface area (Å²) in [6.07, 6.45) is 0.725. The van der Waals surface area contributed by atoms with E-state index in [1.807, 2.05) is 30.3 Å². The summed E-state index contributed by atoms with van der Waals surface area (Å²) in [7, 11) is 0. The summed E-state index contributed by atoms with van der Waals surface area (Å²) in [5.41, 5.74) is 10.1. The number of carbonyl (C=O) groups excluding carboxylic acids is 1. The summed E-state index contributed by atoms with van der Waals surface area (Å²) in [4.78, 5) is 15.5. The van der Waals surface area contributed by atoms with Crippen LogP contribution in [0.1, 0.15) is 21.7 Å². The summed E-state index contributed by atoms with van der Waals surface area (Å²) < 4.78 is 19.8. The summed E-state index contributed by atoms with van der Waals surface area (Å²) >= 11 is 0. The standard InChI is InChI=1S/C18H14FN5O2/c1-12-18(16(25)10-21-20)23-24(22-12)14-7-8-17(15(19)9-14)26-11-13-5-3-2-4-6-13/h2-10H,11H2,1H3. The highest BCUT2D eigenvalue weighted by Crippen LogP contribution is 2.21. The smallest absolute Gasteiger partial charge is 0.329 e. The first-order valence-corrected chi connectivity index (χ1v) is 7.71. The second-order valence-corrected chi connectivity index (χ2v) is 5.42. The van der Waals surface area contributed by atoms with Crippen LogP contribution in [-0.4, -0.2) is 31.8 Å². The van der Waals surface area contributed by atoms with E-state index in [2.05, 4.69) is 15.0 Å². The van der Waals surface area contributed by atoms with Gasteiger partial charge in [0, 0.05) is 6.07 Å². The maximum atomic E-state index is 14.3. The number of nitrogens with zero attached hydrogens (tertiary/aromatic N) is 5. The van der Waals surface area contributed by atoms with Crippen molar-refractivity contribution < 1.29 is 18.7 Å². The molecular formula is C18H14FN5O2. The Kier molecular flexibility index (Phi) is 4.96. The SMILES string of the molecule is Cc1nn(-c2ccc(OCc3ccccc3)c(F)c2)nc1C(=O)C=[N+]=[N-]. The van der Waals surface area contributed by atoms with E-state index in [0.29, 0.717) is 11.4 Å². The van der Waals surface area contributed by atoms with Crippen LogP contribution in [0.5, 0.6) is 5.75 Å². The average molecular weight is 351 g/mol. The van der Waals surface area contributed by atoms with E-state index in [9.17, 15) is 9.18 Å². The van der Waals surface area contributed by atoms with E-state index in [4.69, 9.17) is 10.3 Å². The van der Waals surface area contributed by atoms with Crippen molar-refractivity contribution >= 4 is 12.0 Å². The first kappa shape index (κ1) is 17.2. The van der Waals surface area contributed by atoms with E-state index in [-0.39, 0.29) is 18.1 Å². The van der Waals surface area contributed by atoms with Gasteiger partial charge >= 0.3 is 6.21 Å². The number of Topliss-reactive ketones (excluding diaryl/α,β-unsaturated/α-hetero) is 1. The molecule has 26 heavy (non-hydrogen) atoms. The van der Waals surface area contributed by atoms with Gasteiger partial charge < -0.3 is 10.3 Å². The van der Waals surface area contributed by atoms with E-state index in [1.54, 1.807) is 13.0 Å². The zero-order valence-corrected chi connectivity index (χ0v) is 13.8. The van der Waals surface area contributed by atoms with Crippen molar-refractivity contribution in [2.75, 3.05) is 0 Å². The number of aryl methyl sites for hydroxylation is 1. The molecule has 0 atom stereocenters. The summed E-state index contributed by atoms with van der Waals surface area (Å²) in [6, 6.07) is 13.7. The van der Waals surface area contributed by atoms with Crippen LogP contribution < -0.4 is 4.74 Å². The number of ketones is 1. The van der Waals surface area contributed by atoms with E-state index >= 15 is 0 Å². The summed E-state index contributed by atoms with van der Waals surface area (Å²) in [5.74, 6) is -1.07. The molecule has 0 saturated heterocycles. The van der Waals surface area contributed by atoms with Crippen molar-refractivity contribution in [1.82, 2.24) is 15.0 Å². The minimum atomic E-state index is -0.598. The maximum Gasteiger partial charge on any atom is 0.329 e. The molecule has 0 aliphatic heterocycles. The third kappa shape index (κ3) is 3.71. The maximum absolute atomic E-state index is 14.3. The van der Waals surface area contributed by atoms with Gasteiger partial charge in [-0.2, -0.15) is 14.7 Å². The lowest BCUT2D eigenvalue weighted by molar-refractivity contribution is 0.00228. The fourth-order valence-electron chi connectivity index (χ4n) is 2.30. The fourth-order valence-corrected chi connectivity index (χ4v) is 2.30. The predicted octanol–water partition coefficient (Wildman–Crippen LogP) is 2.78. The Hall–Kier alpha value is -3.64. The molecule has 8 heteroatoms. The van der Waals surface area contributed by atoms with Crippen molar-refractivity contribution in [2.45, 2.75) is 13.5 Å². The summed E-state index contributed by atoms with van der Waals surface area (Å²) in [6.45, 7) is 1.82. The lowest BCUT2D eigenvalue weighted by atomic mass is 10.2. The number of halogens is 1. The normalized spacial score (nSPS) is 10.2. The van der Waals surface area contributed by atoms with Crippen LogP contribution in [0.4, 0.5) is 4.39 Å². The van der Waals surface area contributed by atoms with Gasteiger partial charge in [0.1, 0.15) is 6.61 Å². The van der Waals surface area contributed by atoms with Crippen LogP contribution in [0.2, 0.25) is 0 Å². The second kappa shape index (κ2) is 7.50. The van der Waals surface area contributed by atoms with Crippen molar-refractivity contribution in [3.8, 4) is 11.4 Å². The largest absolute Gasteiger partial charge is 0.486 e. The second-order valence-electron chi connectivity index (χ2n) is 5.42. The number of benzene rings is 2. The molecule has 0 fully saturated rings. The molecule has 0 bridgehead atoms. The van der Waals surface area contributed by atoms with Crippen LogP contribution >= 0.6 is 0 Å². The number of carbonyl (C=O) groups is 1. The Labute approximate surface area is 148 Å². The lowest BCUT2D eigenvalue weighted by Gasteiger charge is -2.08. The Balaban J connectivity index is 1.80. The van der Waals surface area contributed by atoms with Gasteiger partial charge in [0.25, 0.3) is 5.78 Å². The quantitative estimate of drug-likeness (QED) is 0.295. The van der Waals surface area contributed by atoms with Crippen LogP contribution in [0.15, 0.2) is 48.5 Å². The monoisotopic (exact) mass is 351 g/mol. The first-order chi connectivity index (χ1) is 12.6. The van der Waals surface area contributed by atoms with Gasteiger partial charge in [-0.05, 0) is 24.6 Å². The van der Waals surface area contributed by atoms with Gasteiger partial charge in [0.2, 0.25) is 0 Å². The molecular weight excluding hydrogens is 337 g/mol. The van der Waals surface area contributed by atoms with Gasteiger partial charge in [-0.15, -0.1) is 5.10 Å². The van der Waals surface area contributed by atoms with Gasteiger partial charge in [0.05, 0.1) is 11.4 Å². The third-order valence-electron chi connectivity index (χ3n) is 3.57. The van der Waals surface area contributed by atoms with Gasteiger partial charge in [-0.1, -0.05) is 30.3 Å². The molecule has 0 N–H and O–H groups in total. The van der Waals surface area contributed by atoms with Crippen molar-refractivity contribution in [2.24, 2.45) is 0 Å². The first-order valence-electron chi connectivity index (χ1n) is 7.71. The van der Waals surface area contributed by atoms with Crippen LogP contribution in [0.25, 0.3) is 11.2 Å². The molecule has 0 unspecified atom stereocenters. The Morgan fingerprint density at radius 2 is 2.04 bits per heavy atom. The van der Waals surface area contributed by atoms with Crippen molar-refractivity contribution in [3.63, 3.8) is 0 Å². The Morgan fingerprint density at radius 3 is 2.73 bits per heavy atom. The van der Waals surface area contributed by atoms with E-state index < -0.39 is 11.6 Å². The molecule has 0 aliphatic rings. The van der Waals surface area contributed by atoms with Crippen molar-refractivity contribution in [3.05, 3.63) is 76.8 Å². The van der Waals surface area contributed by atoms with Gasteiger partial charge in [-0.25, -0.2) is 4.39 Å². The molecule has 0 radical (unpaired) electrons. The predicted molar refractivity (Wildman–Crippen MR) is 90.8 cm³/mol. The molecule has 1 heterocycles. The number of aromatic nitrogens is 3. The van der Waals surface area contributed by atoms with E-state index in [0.717, 1.165) is 16.6 Å². The number of rotatable bonds is 6. The number of hydrogen-bond donors (Lipinski definition) is 0. The Morgan fingerprint density at radius 1 is 1.27 bits per heavy atom. The highest BCUT2D eigenvalue weighted by Gasteiger charge is 2.18. The average Bonchev–Trinajstić information content (AvgIpc) is 3.03. The number of hydrogen-bond acceptors (Lipinski definition) is 4. The third-order valence-corrected chi connectivity index (χ3v) is 3.57. The molecule has 0 aliphatic carbocycles. The topological polar surface area (TPSA) is 93.4 Å². The van der Waals surface area contributed by atoms with Crippen LogP contribution in [0, 0.1) is 12.7 Å². The van der Waals surface area contributed by atoms with E-state index in [1.165, 1.54) is 12.1 Å².